The van der Waals surface area contributed by atoms with Crippen molar-refractivity contribution in [1.82, 2.24) is 0 Å². The fourth-order valence-electron chi connectivity index (χ4n) is 3.66. The van der Waals surface area contributed by atoms with E-state index in [0.29, 0.717) is 24.2 Å². The summed E-state index contributed by atoms with van der Waals surface area (Å²) >= 11 is 0. The lowest BCUT2D eigenvalue weighted by Gasteiger charge is -2.19. The first-order chi connectivity index (χ1) is 16.8. The summed E-state index contributed by atoms with van der Waals surface area (Å²) in [6.45, 7) is 1.76. The molecule has 3 aromatic rings. The minimum atomic E-state index is -3.71. The minimum Gasteiger partial charge on any atom is -0.449 e. The van der Waals surface area contributed by atoms with Gasteiger partial charge in [-0.25, -0.2) is 17.6 Å². The third-order valence-corrected chi connectivity index (χ3v) is 7.35. The van der Waals surface area contributed by atoms with Gasteiger partial charge in [-0.1, -0.05) is 42.5 Å². The summed E-state index contributed by atoms with van der Waals surface area (Å²) in [5, 5.41) is 2.36. The zero-order chi connectivity index (χ0) is 25.0. The van der Waals surface area contributed by atoms with Gasteiger partial charge in [0.2, 0.25) is 0 Å². The Morgan fingerprint density at radius 2 is 1.71 bits per heavy atom. The van der Waals surface area contributed by atoms with E-state index in [9.17, 15) is 22.4 Å². The summed E-state index contributed by atoms with van der Waals surface area (Å²) in [5.74, 6) is -2.04. The van der Waals surface area contributed by atoms with Crippen LogP contribution >= 0.6 is 0 Å². The molecule has 9 heteroatoms. The van der Waals surface area contributed by atoms with Crippen molar-refractivity contribution >= 4 is 39.4 Å². The molecule has 1 heterocycles. The summed E-state index contributed by atoms with van der Waals surface area (Å²) in [4.78, 5) is 24.4. The van der Waals surface area contributed by atoms with Crippen LogP contribution in [0.3, 0.4) is 0 Å². The molecule has 0 aliphatic carbocycles. The zero-order valence-corrected chi connectivity index (χ0v) is 19.7. The predicted molar refractivity (Wildman–Crippen MR) is 131 cm³/mol. The van der Waals surface area contributed by atoms with Crippen molar-refractivity contribution in [2.75, 3.05) is 16.2 Å². The summed E-state index contributed by atoms with van der Waals surface area (Å²) < 4.78 is 46.3. The summed E-state index contributed by atoms with van der Waals surface area (Å²) in [6, 6.07) is 19.2. The van der Waals surface area contributed by atoms with Gasteiger partial charge in [0.1, 0.15) is 5.82 Å². The van der Waals surface area contributed by atoms with Gasteiger partial charge in [0.25, 0.3) is 15.9 Å². The van der Waals surface area contributed by atoms with E-state index in [-0.39, 0.29) is 10.6 Å². The van der Waals surface area contributed by atoms with Gasteiger partial charge in [-0.05, 0) is 60.9 Å². The maximum atomic E-state index is 13.7. The highest BCUT2D eigenvalue weighted by Gasteiger charge is 2.30. The Morgan fingerprint density at radius 1 is 1.03 bits per heavy atom. The maximum absolute atomic E-state index is 13.7. The molecular formula is C26H23FN2O5S. The van der Waals surface area contributed by atoms with Crippen molar-refractivity contribution < 1.29 is 27.1 Å². The van der Waals surface area contributed by atoms with Gasteiger partial charge < -0.3 is 10.1 Å². The number of anilines is 2. The average molecular weight is 495 g/mol. The van der Waals surface area contributed by atoms with E-state index in [1.807, 2.05) is 18.2 Å². The Bertz CT molecular complexity index is 1390. The number of fused-ring (bicyclic) bond motifs is 1. The molecule has 1 atom stereocenters. The number of nitrogens with one attached hydrogen (secondary N) is 1. The summed E-state index contributed by atoms with van der Waals surface area (Å²) in [5.41, 5.74) is 2.24. The number of nitrogens with zero attached hydrogens (tertiary/aromatic N) is 1. The average Bonchev–Trinajstić information content (AvgIpc) is 3.29. The number of hydrogen-bond acceptors (Lipinski definition) is 5. The lowest BCUT2D eigenvalue weighted by molar-refractivity contribution is -0.148. The van der Waals surface area contributed by atoms with Crippen molar-refractivity contribution in [3.8, 4) is 0 Å². The fraction of sp³-hybridized carbons (Fsp3) is 0.154. The van der Waals surface area contributed by atoms with Crippen molar-refractivity contribution in [3.05, 3.63) is 95.8 Å². The SMILES string of the molecule is CC(OC(=O)/C=C/c1ccc(S(=O)(=O)N2CCc3ccccc32)cc1)C(=O)Nc1ccccc1F. The lowest BCUT2D eigenvalue weighted by atomic mass is 10.2. The van der Waals surface area contributed by atoms with E-state index < -0.39 is 33.8 Å². The van der Waals surface area contributed by atoms with Crippen LogP contribution in [-0.4, -0.2) is 32.9 Å². The Morgan fingerprint density at radius 3 is 2.46 bits per heavy atom. The second-order valence-corrected chi connectivity index (χ2v) is 9.77. The molecule has 7 nitrogen and oxygen atoms in total. The number of rotatable bonds is 7. The van der Waals surface area contributed by atoms with Gasteiger partial charge in [0, 0.05) is 12.6 Å². The van der Waals surface area contributed by atoms with Crippen LogP contribution in [0, 0.1) is 5.82 Å². The van der Waals surface area contributed by atoms with Gasteiger partial charge >= 0.3 is 5.97 Å². The van der Waals surface area contributed by atoms with Crippen LogP contribution in [0.15, 0.2) is 83.8 Å². The molecule has 0 saturated carbocycles. The topological polar surface area (TPSA) is 92.8 Å². The second kappa shape index (κ2) is 10.1. The summed E-state index contributed by atoms with van der Waals surface area (Å²) in [7, 11) is -3.71. The molecule has 3 aromatic carbocycles. The quantitative estimate of drug-likeness (QED) is 0.393. The van der Waals surface area contributed by atoms with E-state index in [2.05, 4.69) is 5.32 Å². The molecule has 0 fully saturated rings. The number of esters is 1. The van der Waals surface area contributed by atoms with Crippen LogP contribution in [-0.2, 0) is 30.8 Å². The normalized spacial score (nSPS) is 13.9. The molecule has 1 unspecified atom stereocenters. The van der Waals surface area contributed by atoms with E-state index in [1.165, 1.54) is 47.6 Å². The molecule has 0 aromatic heterocycles. The Hall–Kier alpha value is -3.98. The first-order valence-corrected chi connectivity index (χ1v) is 12.3. The smallest absolute Gasteiger partial charge is 0.331 e. The first-order valence-electron chi connectivity index (χ1n) is 10.9. The molecule has 35 heavy (non-hydrogen) atoms. The number of para-hydroxylation sites is 2. The van der Waals surface area contributed by atoms with Crippen molar-refractivity contribution in [1.29, 1.82) is 0 Å². The number of carbonyl (C=O) groups is 2. The van der Waals surface area contributed by atoms with Gasteiger partial charge in [0.15, 0.2) is 6.10 Å². The van der Waals surface area contributed by atoms with Crippen LogP contribution in [0.4, 0.5) is 15.8 Å². The number of amides is 1. The Labute approximate surface area is 202 Å². The van der Waals surface area contributed by atoms with Crippen LogP contribution < -0.4 is 9.62 Å². The van der Waals surface area contributed by atoms with Gasteiger partial charge in [-0.2, -0.15) is 0 Å². The molecule has 1 aliphatic rings. The van der Waals surface area contributed by atoms with E-state index in [1.54, 1.807) is 24.3 Å². The molecule has 4 rings (SSSR count). The number of halogens is 1. The molecule has 180 valence electrons. The second-order valence-electron chi connectivity index (χ2n) is 7.91. The number of hydrogen-bond donors (Lipinski definition) is 1. The third-order valence-electron chi connectivity index (χ3n) is 5.52. The van der Waals surface area contributed by atoms with Gasteiger partial charge in [-0.15, -0.1) is 0 Å². The molecule has 0 spiro atoms. The molecule has 0 saturated heterocycles. The van der Waals surface area contributed by atoms with Crippen LogP contribution in [0.25, 0.3) is 6.08 Å². The standard InChI is InChI=1S/C26H23FN2O5S/c1-18(26(31)28-23-8-4-3-7-22(23)27)34-25(30)15-12-19-10-13-21(14-11-19)35(32,33)29-17-16-20-6-2-5-9-24(20)29/h2-15,18H,16-17H2,1H3,(H,28,31)/b15-12+. The van der Waals surface area contributed by atoms with Gasteiger partial charge in [-0.3, -0.25) is 9.10 Å². The number of ether oxygens (including phenoxy) is 1. The largest absolute Gasteiger partial charge is 0.449 e. The summed E-state index contributed by atoms with van der Waals surface area (Å²) in [6.07, 6.45) is 2.09. The highest BCUT2D eigenvalue weighted by molar-refractivity contribution is 7.92. The highest BCUT2D eigenvalue weighted by atomic mass is 32.2. The first kappa shape index (κ1) is 24.2. The minimum absolute atomic E-state index is 0.0107. The fourth-order valence-corrected chi connectivity index (χ4v) is 5.17. The maximum Gasteiger partial charge on any atom is 0.331 e. The van der Waals surface area contributed by atoms with Crippen LogP contribution in [0.5, 0.6) is 0 Å². The molecule has 1 aliphatic heterocycles. The molecule has 0 bridgehead atoms. The van der Waals surface area contributed by atoms with Crippen LogP contribution in [0.2, 0.25) is 0 Å². The molecule has 1 N–H and O–H groups in total. The molecular weight excluding hydrogens is 471 g/mol. The predicted octanol–water partition coefficient (Wildman–Crippen LogP) is 4.16. The highest BCUT2D eigenvalue weighted by Crippen LogP contribution is 2.32. The lowest BCUT2D eigenvalue weighted by Crippen LogP contribution is -2.29. The monoisotopic (exact) mass is 494 g/mol. The number of benzene rings is 3. The molecule has 1 amide bonds. The van der Waals surface area contributed by atoms with Crippen molar-refractivity contribution in [3.63, 3.8) is 0 Å². The number of carbonyl (C=O) groups excluding carboxylic acids is 2. The zero-order valence-electron chi connectivity index (χ0n) is 18.8. The van der Waals surface area contributed by atoms with Crippen molar-refractivity contribution in [2.45, 2.75) is 24.3 Å². The third kappa shape index (κ3) is 5.41. The number of sulfonamides is 1. The van der Waals surface area contributed by atoms with Crippen LogP contribution in [0.1, 0.15) is 18.1 Å². The Kier molecular flexibility index (Phi) is 6.97. The van der Waals surface area contributed by atoms with Gasteiger partial charge in [0.05, 0.1) is 16.3 Å². The Balaban J connectivity index is 1.36. The van der Waals surface area contributed by atoms with E-state index >= 15 is 0 Å². The van der Waals surface area contributed by atoms with E-state index in [4.69, 9.17) is 4.74 Å². The molecule has 0 radical (unpaired) electrons. The van der Waals surface area contributed by atoms with E-state index in [0.717, 1.165) is 11.6 Å². The van der Waals surface area contributed by atoms with Crippen molar-refractivity contribution in [2.24, 2.45) is 0 Å².